The predicted molar refractivity (Wildman–Crippen MR) is 139 cm³/mol. The normalized spacial score (nSPS) is 20.2. The van der Waals surface area contributed by atoms with Crippen molar-refractivity contribution in [1.29, 1.82) is 0 Å². The van der Waals surface area contributed by atoms with Crippen LogP contribution in [-0.2, 0) is 19.1 Å². The summed E-state index contributed by atoms with van der Waals surface area (Å²) in [5.41, 5.74) is -0.133. The van der Waals surface area contributed by atoms with Gasteiger partial charge < -0.3 is 24.4 Å². The van der Waals surface area contributed by atoms with Crippen molar-refractivity contribution in [3.8, 4) is 5.75 Å². The van der Waals surface area contributed by atoms with E-state index in [1.807, 2.05) is 43.3 Å². The van der Waals surface area contributed by atoms with E-state index in [0.717, 1.165) is 18.5 Å². The molecule has 1 aliphatic carbocycles. The minimum atomic E-state index is -1.73. The van der Waals surface area contributed by atoms with Crippen molar-refractivity contribution < 1.29 is 23.9 Å². The van der Waals surface area contributed by atoms with E-state index in [2.05, 4.69) is 10.0 Å². The molecule has 4 rings (SSSR count). The van der Waals surface area contributed by atoms with Crippen LogP contribution in [0.5, 0.6) is 5.75 Å². The molecule has 190 valence electrons. The highest BCUT2D eigenvalue weighted by Gasteiger charge is 2.57. The van der Waals surface area contributed by atoms with Crippen LogP contribution < -0.4 is 14.8 Å². The van der Waals surface area contributed by atoms with Gasteiger partial charge in [-0.1, -0.05) is 43.3 Å². The maximum atomic E-state index is 13.3. The molecule has 2 amide bonds. The third-order valence-corrected chi connectivity index (χ3v) is 7.05. The SMILES string of the molecule is C/C(=C\SNc1ccccc1)N1CC(NC(=O)COc2ccccc2)(OC(=O)CC(C)C2CC2)C1=O. The summed E-state index contributed by atoms with van der Waals surface area (Å²) in [5, 5.41) is 4.42. The number of amides is 2. The van der Waals surface area contributed by atoms with Gasteiger partial charge in [-0.05, 0) is 67.8 Å². The molecule has 2 atom stereocenters. The van der Waals surface area contributed by atoms with E-state index in [1.165, 1.54) is 16.8 Å². The minimum Gasteiger partial charge on any atom is -0.484 e. The molecular weight excluding hydrogens is 478 g/mol. The average Bonchev–Trinajstić information content (AvgIpc) is 3.72. The average molecular weight is 510 g/mol. The Bertz CT molecular complexity index is 1110. The molecule has 2 N–H and O–H groups in total. The van der Waals surface area contributed by atoms with Crippen LogP contribution in [0, 0.1) is 11.8 Å². The summed E-state index contributed by atoms with van der Waals surface area (Å²) in [6.45, 7) is 3.52. The molecule has 0 spiro atoms. The quantitative estimate of drug-likeness (QED) is 0.190. The van der Waals surface area contributed by atoms with Gasteiger partial charge in [0.15, 0.2) is 6.61 Å². The first kappa shape index (κ1) is 25.6. The summed E-state index contributed by atoms with van der Waals surface area (Å²) in [6.07, 6.45) is 2.43. The molecule has 1 saturated carbocycles. The lowest BCUT2D eigenvalue weighted by atomic mass is 10.00. The predicted octanol–water partition coefficient (Wildman–Crippen LogP) is 4.32. The monoisotopic (exact) mass is 509 g/mol. The number of nitrogens with zero attached hydrogens (tertiary/aromatic N) is 1. The van der Waals surface area contributed by atoms with Gasteiger partial charge >= 0.3 is 5.97 Å². The van der Waals surface area contributed by atoms with Crippen LogP contribution >= 0.6 is 11.9 Å². The van der Waals surface area contributed by atoms with Crippen LogP contribution in [-0.4, -0.2) is 41.6 Å². The third-order valence-electron chi connectivity index (χ3n) is 6.24. The molecule has 1 aliphatic heterocycles. The fourth-order valence-electron chi connectivity index (χ4n) is 3.98. The Labute approximate surface area is 215 Å². The number of para-hydroxylation sites is 2. The number of rotatable bonds is 12. The molecule has 2 unspecified atom stereocenters. The van der Waals surface area contributed by atoms with Gasteiger partial charge in [-0.3, -0.25) is 14.4 Å². The standard InChI is InChI=1S/C27H31N3O5S/c1-19(21-13-14-21)15-25(32)35-27(28-24(31)16-34-23-11-7-4-8-12-23)18-30(26(27)33)20(2)17-36-29-22-9-5-3-6-10-22/h3-12,17,19,21,29H,13-16,18H2,1-2H3,(H,28,31)/b20-17+. The highest BCUT2D eigenvalue weighted by molar-refractivity contribution is 8.03. The number of benzene rings is 2. The van der Waals surface area contributed by atoms with Crippen LogP contribution in [0.15, 0.2) is 71.8 Å². The third kappa shape index (κ3) is 6.60. The lowest BCUT2D eigenvalue weighted by Gasteiger charge is -2.47. The van der Waals surface area contributed by atoms with Crippen LogP contribution in [0.3, 0.4) is 0 Å². The maximum Gasteiger partial charge on any atom is 0.308 e. The zero-order valence-electron chi connectivity index (χ0n) is 20.4. The van der Waals surface area contributed by atoms with Crippen molar-refractivity contribution in [3.63, 3.8) is 0 Å². The molecule has 1 heterocycles. The van der Waals surface area contributed by atoms with E-state index < -0.39 is 23.5 Å². The number of β-lactam (4-membered cyclic amide) rings is 1. The van der Waals surface area contributed by atoms with Gasteiger partial charge in [-0.25, -0.2) is 0 Å². The lowest BCUT2D eigenvalue weighted by molar-refractivity contribution is -0.198. The van der Waals surface area contributed by atoms with Crippen LogP contribution in [0.1, 0.15) is 33.1 Å². The lowest BCUT2D eigenvalue weighted by Crippen LogP contribution is -2.75. The number of carbonyl (C=O) groups excluding carboxylic acids is 3. The van der Waals surface area contributed by atoms with Crippen molar-refractivity contribution in [2.45, 2.75) is 38.8 Å². The molecule has 36 heavy (non-hydrogen) atoms. The van der Waals surface area contributed by atoms with Gasteiger partial charge in [0.2, 0.25) is 0 Å². The Morgan fingerprint density at radius 1 is 1.14 bits per heavy atom. The summed E-state index contributed by atoms with van der Waals surface area (Å²) in [6, 6.07) is 18.5. The fourth-order valence-corrected chi connectivity index (χ4v) is 4.61. The molecule has 1 saturated heterocycles. The van der Waals surface area contributed by atoms with Crippen molar-refractivity contribution in [3.05, 3.63) is 71.8 Å². The molecule has 2 aromatic carbocycles. The van der Waals surface area contributed by atoms with Gasteiger partial charge in [-0.2, -0.15) is 0 Å². The van der Waals surface area contributed by atoms with E-state index in [-0.39, 0.29) is 25.5 Å². The van der Waals surface area contributed by atoms with Gasteiger partial charge in [0.05, 0.1) is 6.54 Å². The highest BCUT2D eigenvalue weighted by Crippen LogP contribution is 2.39. The molecule has 2 aliphatic rings. The molecule has 2 fully saturated rings. The Morgan fingerprint density at radius 2 is 1.81 bits per heavy atom. The number of ether oxygens (including phenoxy) is 2. The van der Waals surface area contributed by atoms with Crippen LogP contribution in [0.4, 0.5) is 5.69 Å². The van der Waals surface area contributed by atoms with Gasteiger partial charge in [0.1, 0.15) is 5.75 Å². The number of anilines is 1. The van der Waals surface area contributed by atoms with E-state index in [0.29, 0.717) is 17.4 Å². The Hall–Kier alpha value is -3.46. The minimum absolute atomic E-state index is 0.0285. The number of hydrogen-bond donors (Lipinski definition) is 2. The molecule has 0 aromatic heterocycles. The van der Waals surface area contributed by atoms with Gasteiger partial charge in [0, 0.05) is 23.2 Å². The topological polar surface area (TPSA) is 97.0 Å². The smallest absolute Gasteiger partial charge is 0.308 e. The first-order valence-electron chi connectivity index (χ1n) is 12.0. The van der Waals surface area contributed by atoms with Crippen molar-refractivity contribution in [1.82, 2.24) is 10.2 Å². The summed E-state index contributed by atoms with van der Waals surface area (Å²) in [7, 11) is 0. The molecule has 2 aromatic rings. The second-order valence-corrected chi connectivity index (χ2v) is 9.88. The van der Waals surface area contributed by atoms with Crippen molar-refractivity contribution in [2.75, 3.05) is 17.9 Å². The number of allylic oxidation sites excluding steroid dienone is 1. The number of esters is 1. The largest absolute Gasteiger partial charge is 0.484 e. The highest BCUT2D eigenvalue weighted by atomic mass is 32.2. The summed E-state index contributed by atoms with van der Waals surface area (Å²) in [4.78, 5) is 40.1. The summed E-state index contributed by atoms with van der Waals surface area (Å²) < 4.78 is 14.3. The Kier molecular flexibility index (Phi) is 8.20. The number of carbonyl (C=O) groups is 3. The second kappa shape index (κ2) is 11.5. The molecule has 9 heteroatoms. The molecule has 8 nitrogen and oxygen atoms in total. The van der Waals surface area contributed by atoms with Gasteiger partial charge in [0.25, 0.3) is 17.5 Å². The number of nitrogens with one attached hydrogen (secondary N) is 2. The molecule has 0 radical (unpaired) electrons. The van der Waals surface area contributed by atoms with E-state index in [4.69, 9.17) is 9.47 Å². The van der Waals surface area contributed by atoms with Crippen molar-refractivity contribution >= 4 is 35.4 Å². The Balaban J connectivity index is 1.38. The fraction of sp³-hybridized carbons (Fsp3) is 0.370. The van der Waals surface area contributed by atoms with Crippen LogP contribution in [0.2, 0.25) is 0 Å². The Morgan fingerprint density at radius 3 is 2.44 bits per heavy atom. The van der Waals surface area contributed by atoms with E-state index in [9.17, 15) is 14.4 Å². The van der Waals surface area contributed by atoms with E-state index >= 15 is 0 Å². The number of hydrogen-bond acceptors (Lipinski definition) is 7. The molecular formula is C27H31N3O5S. The zero-order chi connectivity index (χ0) is 25.5. The molecule has 0 bridgehead atoms. The van der Waals surface area contributed by atoms with Gasteiger partial charge in [-0.15, -0.1) is 0 Å². The first-order valence-corrected chi connectivity index (χ1v) is 12.9. The van der Waals surface area contributed by atoms with Crippen molar-refractivity contribution in [2.24, 2.45) is 11.8 Å². The number of likely N-dealkylation sites (tertiary alicyclic amines) is 1. The summed E-state index contributed by atoms with van der Waals surface area (Å²) >= 11 is 1.33. The second-order valence-electron chi connectivity index (χ2n) is 9.21. The van der Waals surface area contributed by atoms with E-state index in [1.54, 1.807) is 36.6 Å². The maximum absolute atomic E-state index is 13.3. The zero-order valence-corrected chi connectivity index (χ0v) is 21.3. The summed E-state index contributed by atoms with van der Waals surface area (Å²) in [5.74, 6) is -0.294. The first-order chi connectivity index (χ1) is 17.4. The van der Waals surface area contributed by atoms with Crippen LogP contribution in [0.25, 0.3) is 0 Å².